The molecule has 3 rings (SSSR count). The van der Waals surface area contributed by atoms with Crippen molar-refractivity contribution in [1.29, 1.82) is 0 Å². The number of nitrogens with zero attached hydrogens (tertiary/aromatic N) is 2. The fourth-order valence-electron chi connectivity index (χ4n) is 4.42. The van der Waals surface area contributed by atoms with Gasteiger partial charge in [-0.15, -0.1) is 0 Å². The smallest absolute Gasteiger partial charge is 0.336 e. The zero-order valence-corrected chi connectivity index (χ0v) is 22.9. The molecule has 2 aliphatic heterocycles. The summed E-state index contributed by atoms with van der Waals surface area (Å²) in [6, 6.07) is 7.19. The molecular formula is C26H33ClN4O5S. The standard InChI is InChI=1S/C26H33ClN4O5S/c1-4-36-25(33)23-21(17-35-16-14-30-10-12-31(13-11-30)26(37)28-2)29-20(9-15-32)24(34-3)22(23)18-7-5-6-8-19(18)27/h5-9,22,29H,4,10-14,16-17H2,1-3H3,(H,28,37). The molecule has 9 nitrogen and oxygen atoms in total. The van der Waals surface area contributed by atoms with Crippen molar-refractivity contribution in [2.45, 2.75) is 12.8 Å². The first-order chi connectivity index (χ1) is 17.9. The van der Waals surface area contributed by atoms with Crippen molar-refractivity contribution in [1.82, 2.24) is 20.4 Å². The number of carbonyl (C=O) groups is 1. The van der Waals surface area contributed by atoms with Gasteiger partial charge in [0.2, 0.25) is 0 Å². The van der Waals surface area contributed by atoms with E-state index in [9.17, 15) is 9.59 Å². The van der Waals surface area contributed by atoms with E-state index in [1.807, 2.05) is 19.2 Å². The molecule has 0 amide bonds. The molecule has 0 aliphatic carbocycles. The number of piperazine rings is 1. The van der Waals surface area contributed by atoms with Crippen LogP contribution in [0.15, 0.2) is 53.1 Å². The number of esters is 1. The molecule has 1 saturated heterocycles. The monoisotopic (exact) mass is 548 g/mol. The highest BCUT2D eigenvalue weighted by Gasteiger charge is 2.38. The number of ether oxygens (including phenoxy) is 3. The molecule has 1 aromatic carbocycles. The highest BCUT2D eigenvalue weighted by molar-refractivity contribution is 7.80. The molecule has 0 aromatic heterocycles. The van der Waals surface area contributed by atoms with Crippen LogP contribution in [0.2, 0.25) is 5.02 Å². The fourth-order valence-corrected chi connectivity index (χ4v) is 4.84. The van der Waals surface area contributed by atoms with Crippen LogP contribution in [0.4, 0.5) is 0 Å². The Labute approximate surface area is 228 Å². The summed E-state index contributed by atoms with van der Waals surface area (Å²) in [5.41, 5.74) is 1.84. The fraction of sp³-hybridized carbons (Fsp3) is 0.462. The van der Waals surface area contributed by atoms with Gasteiger partial charge in [-0.25, -0.2) is 9.59 Å². The molecule has 2 aliphatic rings. The van der Waals surface area contributed by atoms with E-state index in [0.717, 1.165) is 37.8 Å². The summed E-state index contributed by atoms with van der Waals surface area (Å²) in [7, 11) is 3.31. The minimum Gasteiger partial charge on any atom is -0.498 e. The van der Waals surface area contributed by atoms with Crippen LogP contribution in [-0.2, 0) is 23.8 Å². The van der Waals surface area contributed by atoms with Crippen molar-refractivity contribution in [2.24, 2.45) is 0 Å². The van der Waals surface area contributed by atoms with Gasteiger partial charge >= 0.3 is 5.97 Å². The van der Waals surface area contributed by atoms with E-state index in [0.29, 0.717) is 39.9 Å². The second kappa shape index (κ2) is 14.2. The largest absolute Gasteiger partial charge is 0.498 e. The van der Waals surface area contributed by atoms with Gasteiger partial charge in [0.25, 0.3) is 0 Å². The van der Waals surface area contributed by atoms with Gasteiger partial charge in [-0.05, 0) is 30.8 Å². The number of halogens is 1. The summed E-state index contributed by atoms with van der Waals surface area (Å²) >= 11 is 11.9. The lowest BCUT2D eigenvalue weighted by atomic mass is 9.84. The second-order valence-electron chi connectivity index (χ2n) is 8.37. The third-order valence-corrected chi connectivity index (χ3v) is 7.04. The van der Waals surface area contributed by atoms with Gasteiger partial charge in [0.1, 0.15) is 11.7 Å². The van der Waals surface area contributed by atoms with Crippen molar-refractivity contribution in [3.8, 4) is 0 Å². The van der Waals surface area contributed by atoms with Crippen LogP contribution in [0, 0.1) is 0 Å². The van der Waals surface area contributed by atoms with Gasteiger partial charge in [0.05, 0.1) is 49.8 Å². The lowest BCUT2D eigenvalue weighted by Gasteiger charge is -2.35. The van der Waals surface area contributed by atoms with Gasteiger partial charge in [-0.1, -0.05) is 29.8 Å². The van der Waals surface area contributed by atoms with E-state index in [4.69, 9.17) is 38.0 Å². The minimum atomic E-state index is -0.693. The van der Waals surface area contributed by atoms with Crippen LogP contribution in [0.5, 0.6) is 0 Å². The Morgan fingerprint density at radius 3 is 2.65 bits per heavy atom. The van der Waals surface area contributed by atoms with E-state index in [-0.39, 0.29) is 13.2 Å². The number of dihydropyridines is 1. The van der Waals surface area contributed by atoms with E-state index < -0.39 is 11.9 Å². The molecule has 11 heteroatoms. The Bertz CT molecular complexity index is 1090. The van der Waals surface area contributed by atoms with Crippen molar-refractivity contribution < 1.29 is 23.8 Å². The average molecular weight is 549 g/mol. The summed E-state index contributed by atoms with van der Waals surface area (Å²) in [6.07, 6.45) is 1.24. The molecule has 2 heterocycles. The maximum atomic E-state index is 13.2. The zero-order chi connectivity index (χ0) is 26.8. The van der Waals surface area contributed by atoms with Crippen molar-refractivity contribution in [3.63, 3.8) is 0 Å². The summed E-state index contributed by atoms with van der Waals surface area (Å²) in [5, 5.41) is 7.36. The molecule has 1 aromatic rings. The number of benzene rings is 1. The number of hydrogen-bond acceptors (Lipinski definition) is 8. The molecule has 1 unspecified atom stereocenters. The quantitative estimate of drug-likeness (QED) is 0.196. The molecule has 0 saturated carbocycles. The average Bonchev–Trinajstić information content (AvgIpc) is 2.91. The lowest BCUT2D eigenvalue weighted by Crippen LogP contribution is -2.51. The van der Waals surface area contributed by atoms with Crippen LogP contribution in [0.3, 0.4) is 0 Å². The number of allylic oxidation sites excluding steroid dienone is 2. The maximum Gasteiger partial charge on any atom is 0.336 e. The van der Waals surface area contributed by atoms with Crippen LogP contribution >= 0.6 is 23.8 Å². The molecule has 0 spiro atoms. The van der Waals surface area contributed by atoms with Gasteiger partial charge in [-0.3, -0.25) is 4.90 Å². The zero-order valence-electron chi connectivity index (χ0n) is 21.3. The number of hydrogen-bond donors (Lipinski definition) is 2. The summed E-state index contributed by atoms with van der Waals surface area (Å²) in [5.74, 6) is 0.945. The molecule has 37 heavy (non-hydrogen) atoms. The predicted octanol–water partition coefficient (Wildman–Crippen LogP) is 2.23. The number of nitrogens with one attached hydrogen (secondary N) is 2. The van der Waals surface area contributed by atoms with Gasteiger partial charge in [-0.2, -0.15) is 0 Å². The first-order valence-electron chi connectivity index (χ1n) is 12.1. The Kier molecular flexibility index (Phi) is 11.0. The third kappa shape index (κ3) is 7.12. The number of rotatable bonds is 10. The van der Waals surface area contributed by atoms with E-state index in [1.54, 1.807) is 25.0 Å². The molecule has 0 bridgehead atoms. The number of methoxy groups -OCH3 is 1. The molecule has 200 valence electrons. The van der Waals surface area contributed by atoms with Crippen LogP contribution in [0.1, 0.15) is 18.4 Å². The second-order valence-corrected chi connectivity index (χ2v) is 9.17. The lowest BCUT2D eigenvalue weighted by molar-refractivity contribution is -0.139. The van der Waals surface area contributed by atoms with Gasteiger partial charge < -0.3 is 29.7 Å². The molecular weight excluding hydrogens is 516 g/mol. The van der Waals surface area contributed by atoms with E-state index in [1.165, 1.54) is 13.2 Å². The SMILES string of the molecule is CCOC(=O)C1=C(COCCN2CCN(C(=S)NC)CC2)NC(C=C=O)=C(OC)C1c1ccccc1Cl. The first kappa shape index (κ1) is 28.7. The van der Waals surface area contributed by atoms with Gasteiger partial charge in [0, 0.05) is 50.9 Å². The van der Waals surface area contributed by atoms with Crippen LogP contribution < -0.4 is 10.6 Å². The molecule has 1 atom stereocenters. The molecule has 1 fully saturated rings. The maximum absolute atomic E-state index is 13.2. The normalized spacial score (nSPS) is 18.2. The number of carbonyl (C=O) groups excluding carboxylic acids is 2. The Balaban J connectivity index is 1.81. The van der Waals surface area contributed by atoms with Crippen LogP contribution in [-0.4, -0.2) is 93.5 Å². The highest BCUT2D eigenvalue weighted by atomic mass is 35.5. The third-order valence-electron chi connectivity index (χ3n) is 6.23. The Morgan fingerprint density at radius 2 is 2.03 bits per heavy atom. The predicted molar refractivity (Wildman–Crippen MR) is 146 cm³/mol. The topological polar surface area (TPSA) is 92.4 Å². The summed E-state index contributed by atoms with van der Waals surface area (Å²) in [6.45, 7) is 6.69. The van der Waals surface area contributed by atoms with E-state index >= 15 is 0 Å². The Morgan fingerprint density at radius 1 is 1.30 bits per heavy atom. The first-order valence-corrected chi connectivity index (χ1v) is 12.9. The molecule has 0 radical (unpaired) electrons. The van der Waals surface area contributed by atoms with Crippen molar-refractivity contribution in [3.05, 3.63) is 63.7 Å². The van der Waals surface area contributed by atoms with Crippen molar-refractivity contribution in [2.75, 3.05) is 66.7 Å². The highest BCUT2D eigenvalue weighted by Crippen LogP contribution is 2.41. The molecule has 2 N–H and O–H groups in total. The van der Waals surface area contributed by atoms with Crippen molar-refractivity contribution >= 4 is 40.8 Å². The number of thiocarbonyl (C=S) groups is 1. The minimum absolute atomic E-state index is 0.103. The van der Waals surface area contributed by atoms with E-state index in [2.05, 4.69) is 20.4 Å². The van der Waals surface area contributed by atoms with Gasteiger partial charge in [0.15, 0.2) is 5.11 Å². The summed E-state index contributed by atoms with van der Waals surface area (Å²) < 4.78 is 17.1. The summed E-state index contributed by atoms with van der Waals surface area (Å²) in [4.78, 5) is 28.9. The Hall–Kier alpha value is -2.88. The van der Waals surface area contributed by atoms with Crippen LogP contribution in [0.25, 0.3) is 0 Å².